The zero-order valence-electron chi connectivity index (χ0n) is 6.33. The second kappa shape index (κ2) is 3.53. The molecule has 11 heavy (non-hydrogen) atoms. The average Bonchev–Trinajstić information content (AvgIpc) is 2.34. The maximum atomic E-state index is 10.3. The Kier molecular flexibility index (Phi) is 2.65. The van der Waals surface area contributed by atoms with Crippen LogP contribution in [0.3, 0.4) is 0 Å². The highest BCUT2D eigenvalue weighted by Crippen LogP contribution is 2.15. The van der Waals surface area contributed by atoms with Gasteiger partial charge in [0.15, 0.2) is 0 Å². The minimum absolute atomic E-state index is 0.157. The fourth-order valence-corrected chi connectivity index (χ4v) is 1.82. The van der Waals surface area contributed by atoms with Crippen LogP contribution >= 0.6 is 11.3 Å². The molecule has 0 aliphatic rings. The second-order valence-electron chi connectivity index (χ2n) is 2.35. The van der Waals surface area contributed by atoms with Gasteiger partial charge in [-0.05, 0) is 23.4 Å². The Morgan fingerprint density at radius 3 is 2.91 bits per heavy atom. The molecule has 0 atom stereocenters. The van der Waals surface area contributed by atoms with Gasteiger partial charge in [-0.3, -0.25) is 4.79 Å². The second-order valence-corrected chi connectivity index (χ2v) is 3.34. The zero-order chi connectivity index (χ0) is 8.27. The maximum Gasteiger partial charge on any atom is 0.308 e. The molecular formula is C8H10O2S. The molecule has 1 aromatic rings. The highest BCUT2D eigenvalue weighted by molar-refractivity contribution is 7.10. The van der Waals surface area contributed by atoms with E-state index in [1.807, 2.05) is 11.4 Å². The molecule has 0 saturated heterocycles. The van der Waals surface area contributed by atoms with Crippen LogP contribution in [0.15, 0.2) is 11.4 Å². The first-order valence-electron chi connectivity index (χ1n) is 3.50. The summed E-state index contributed by atoms with van der Waals surface area (Å²) in [6, 6.07) is 1.96. The molecule has 60 valence electrons. The number of thiophene rings is 1. The smallest absolute Gasteiger partial charge is 0.308 e. The maximum absolute atomic E-state index is 10.3. The third kappa shape index (κ3) is 2.35. The van der Waals surface area contributed by atoms with Gasteiger partial charge in [-0.2, -0.15) is 0 Å². The number of hydrogen-bond donors (Lipinski definition) is 1. The van der Waals surface area contributed by atoms with E-state index in [0.717, 1.165) is 11.3 Å². The van der Waals surface area contributed by atoms with Crippen LogP contribution in [0.4, 0.5) is 0 Å². The quantitative estimate of drug-likeness (QED) is 0.752. The Hall–Kier alpha value is -0.830. The van der Waals surface area contributed by atoms with Crippen LogP contribution in [0, 0.1) is 0 Å². The van der Waals surface area contributed by atoms with Crippen LogP contribution in [-0.4, -0.2) is 11.1 Å². The average molecular weight is 170 g/mol. The molecule has 1 rings (SSSR count). The normalized spacial score (nSPS) is 9.91. The molecule has 0 spiro atoms. The molecule has 0 aliphatic heterocycles. The molecule has 0 saturated carbocycles. The van der Waals surface area contributed by atoms with Gasteiger partial charge in [0, 0.05) is 4.88 Å². The summed E-state index contributed by atoms with van der Waals surface area (Å²) in [5.41, 5.74) is 1.23. The molecule has 0 amide bonds. The largest absolute Gasteiger partial charge is 0.481 e. The summed E-state index contributed by atoms with van der Waals surface area (Å²) >= 11 is 1.52. The van der Waals surface area contributed by atoms with Crippen molar-refractivity contribution in [2.45, 2.75) is 19.8 Å². The van der Waals surface area contributed by atoms with Crippen LogP contribution in [-0.2, 0) is 17.6 Å². The lowest BCUT2D eigenvalue weighted by molar-refractivity contribution is -0.136. The standard InChI is InChI=1S/C8H10O2S/c1-2-6-3-7(11-5-6)4-8(9)10/h3,5H,2,4H2,1H3,(H,9,10). The third-order valence-corrected chi connectivity index (χ3v) is 2.43. The number of aliphatic carboxylic acids is 1. The molecule has 0 fully saturated rings. The Labute approximate surface area is 69.5 Å². The van der Waals surface area contributed by atoms with Crippen molar-refractivity contribution in [2.75, 3.05) is 0 Å². The van der Waals surface area contributed by atoms with E-state index in [9.17, 15) is 4.79 Å². The van der Waals surface area contributed by atoms with Crippen molar-refractivity contribution >= 4 is 17.3 Å². The predicted octanol–water partition coefficient (Wildman–Crippen LogP) is 1.94. The molecule has 0 bridgehead atoms. The number of carboxylic acids is 1. The SMILES string of the molecule is CCc1csc(CC(=O)O)c1. The molecule has 1 aromatic heterocycles. The molecule has 2 nitrogen and oxygen atoms in total. The molecule has 3 heteroatoms. The van der Waals surface area contributed by atoms with Crippen molar-refractivity contribution in [1.82, 2.24) is 0 Å². The van der Waals surface area contributed by atoms with Crippen LogP contribution in [0.5, 0.6) is 0 Å². The van der Waals surface area contributed by atoms with Gasteiger partial charge in [-0.15, -0.1) is 11.3 Å². The van der Waals surface area contributed by atoms with Gasteiger partial charge in [-0.1, -0.05) is 6.92 Å². The van der Waals surface area contributed by atoms with Gasteiger partial charge in [0.25, 0.3) is 0 Å². The fourth-order valence-electron chi connectivity index (χ4n) is 0.853. The third-order valence-electron chi connectivity index (χ3n) is 1.44. The van der Waals surface area contributed by atoms with E-state index in [0.29, 0.717) is 0 Å². The topological polar surface area (TPSA) is 37.3 Å². The number of aryl methyl sites for hydroxylation is 1. The van der Waals surface area contributed by atoms with Gasteiger partial charge in [0.05, 0.1) is 6.42 Å². The summed E-state index contributed by atoms with van der Waals surface area (Å²) in [6.45, 7) is 2.06. The number of carboxylic acid groups (broad SMARTS) is 1. The van der Waals surface area contributed by atoms with Gasteiger partial charge in [-0.25, -0.2) is 0 Å². The van der Waals surface area contributed by atoms with Gasteiger partial charge >= 0.3 is 5.97 Å². The summed E-state index contributed by atoms with van der Waals surface area (Å²) in [6.07, 6.45) is 1.14. The van der Waals surface area contributed by atoms with Crippen LogP contribution < -0.4 is 0 Å². The molecular weight excluding hydrogens is 160 g/mol. The summed E-state index contributed by atoms with van der Waals surface area (Å²) in [5.74, 6) is -0.755. The van der Waals surface area contributed by atoms with Crippen molar-refractivity contribution < 1.29 is 9.90 Å². The highest BCUT2D eigenvalue weighted by Gasteiger charge is 2.02. The monoisotopic (exact) mass is 170 g/mol. The van der Waals surface area contributed by atoms with Gasteiger partial charge < -0.3 is 5.11 Å². The molecule has 1 heterocycles. The molecule has 0 aromatic carbocycles. The Balaban J connectivity index is 2.65. The van der Waals surface area contributed by atoms with Crippen molar-refractivity contribution in [2.24, 2.45) is 0 Å². The minimum Gasteiger partial charge on any atom is -0.481 e. The van der Waals surface area contributed by atoms with Crippen LogP contribution in [0.25, 0.3) is 0 Å². The van der Waals surface area contributed by atoms with Gasteiger partial charge in [0.2, 0.25) is 0 Å². The predicted molar refractivity (Wildman–Crippen MR) is 45.0 cm³/mol. The molecule has 1 N–H and O–H groups in total. The van der Waals surface area contributed by atoms with E-state index >= 15 is 0 Å². The summed E-state index contributed by atoms with van der Waals surface area (Å²) in [7, 11) is 0. The van der Waals surface area contributed by atoms with E-state index in [2.05, 4.69) is 6.92 Å². The highest BCUT2D eigenvalue weighted by atomic mass is 32.1. The summed E-state index contributed by atoms with van der Waals surface area (Å²) in [4.78, 5) is 11.2. The molecule has 0 aliphatic carbocycles. The lowest BCUT2D eigenvalue weighted by Crippen LogP contribution is -1.97. The summed E-state index contributed by atoms with van der Waals surface area (Å²) < 4.78 is 0. The summed E-state index contributed by atoms with van der Waals surface area (Å²) in [5, 5.41) is 10.5. The molecule has 0 radical (unpaired) electrons. The van der Waals surface area contributed by atoms with Crippen LogP contribution in [0.2, 0.25) is 0 Å². The van der Waals surface area contributed by atoms with Crippen LogP contribution in [0.1, 0.15) is 17.4 Å². The van der Waals surface area contributed by atoms with E-state index < -0.39 is 5.97 Å². The minimum atomic E-state index is -0.755. The molecule has 0 unspecified atom stereocenters. The van der Waals surface area contributed by atoms with Crippen molar-refractivity contribution in [1.29, 1.82) is 0 Å². The first-order valence-corrected chi connectivity index (χ1v) is 4.38. The zero-order valence-corrected chi connectivity index (χ0v) is 7.15. The first kappa shape index (κ1) is 8.27. The Bertz CT molecular complexity index is 252. The van der Waals surface area contributed by atoms with E-state index in [-0.39, 0.29) is 6.42 Å². The van der Waals surface area contributed by atoms with E-state index in [1.54, 1.807) is 0 Å². The number of carbonyl (C=O) groups is 1. The lowest BCUT2D eigenvalue weighted by atomic mass is 10.2. The lowest BCUT2D eigenvalue weighted by Gasteiger charge is -1.87. The first-order chi connectivity index (χ1) is 5.22. The Morgan fingerprint density at radius 2 is 2.45 bits per heavy atom. The Morgan fingerprint density at radius 1 is 1.73 bits per heavy atom. The van der Waals surface area contributed by atoms with Crippen molar-refractivity contribution in [3.05, 3.63) is 21.9 Å². The van der Waals surface area contributed by atoms with Crippen molar-refractivity contribution in [3.63, 3.8) is 0 Å². The van der Waals surface area contributed by atoms with E-state index in [4.69, 9.17) is 5.11 Å². The van der Waals surface area contributed by atoms with E-state index in [1.165, 1.54) is 16.9 Å². The fraction of sp³-hybridized carbons (Fsp3) is 0.375. The number of hydrogen-bond acceptors (Lipinski definition) is 2. The number of rotatable bonds is 3. The van der Waals surface area contributed by atoms with Crippen molar-refractivity contribution in [3.8, 4) is 0 Å². The van der Waals surface area contributed by atoms with Gasteiger partial charge in [0.1, 0.15) is 0 Å².